The summed E-state index contributed by atoms with van der Waals surface area (Å²) in [5, 5.41) is 2.98. The molecule has 0 unspecified atom stereocenters. The third-order valence-corrected chi connectivity index (χ3v) is 5.15. The second-order valence-corrected chi connectivity index (χ2v) is 7.13. The number of carbonyl (C=O) groups is 1. The SMILES string of the molecule is O=C(NC[C@H]1CCCO1)C1CCN(Cc2cccc(C(F)(F)F)c2)CC1. The van der Waals surface area contributed by atoms with Crippen LogP contribution in [-0.4, -0.2) is 43.2 Å². The van der Waals surface area contributed by atoms with E-state index in [1.807, 2.05) is 0 Å². The number of amides is 1. The molecule has 144 valence electrons. The lowest BCUT2D eigenvalue weighted by Gasteiger charge is -2.31. The van der Waals surface area contributed by atoms with Gasteiger partial charge in [0.25, 0.3) is 0 Å². The largest absolute Gasteiger partial charge is 0.416 e. The van der Waals surface area contributed by atoms with E-state index in [-0.39, 0.29) is 17.9 Å². The Kier molecular flexibility index (Phi) is 6.19. The van der Waals surface area contributed by atoms with Crippen molar-refractivity contribution in [3.8, 4) is 0 Å². The van der Waals surface area contributed by atoms with E-state index in [2.05, 4.69) is 10.2 Å². The third-order valence-electron chi connectivity index (χ3n) is 5.15. The molecule has 0 radical (unpaired) electrons. The normalized spacial score (nSPS) is 22.5. The number of benzene rings is 1. The summed E-state index contributed by atoms with van der Waals surface area (Å²) in [5.74, 6) is 0.0494. The Bertz CT molecular complexity index is 607. The molecule has 4 nitrogen and oxygen atoms in total. The van der Waals surface area contributed by atoms with Crippen LogP contribution in [0.4, 0.5) is 13.2 Å². The van der Waals surface area contributed by atoms with Gasteiger partial charge in [-0.2, -0.15) is 13.2 Å². The number of halogens is 3. The Hall–Kier alpha value is -1.60. The van der Waals surface area contributed by atoms with Gasteiger partial charge < -0.3 is 10.1 Å². The van der Waals surface area contributed by atoms with Crippen LogP contribution in [0.1, 0.15) is 36.8 Å². The number of nitrogens with zero attached hydrogens (tertiary/aromatic N) is 1. The number of ether oxygens (including phenoxy) is 1. The lowest BCUT2D eigenvalue weighted by molar-refractivity contribution is -0.137. The first kappa shape index (κ1) is 19.2. The van der Waals surface area contributed by atoms with Crippen molar-refractivity contribution in [3.63, 3.8) is 0 Å². The fourth-order valence-electron chi connectivity index (χ4n) is 3.62. The van der Waals surface area contributed by atoms with Crippen molar-refractivity contribution in [3.05, 3.63) is 35.4 Å². The van der Waals surface area contributed by atoms with Gasteiger partial charge in [-0.3, -0.25) is 9.69 Å². The highest BCUT2D eigenvalue weighted by Gasteiger charge is 2.31. The Morgan fingerprint density at radius 3 is 2.65 bits per heavy atom. The molecule has 1 N–H and O–H groups in total. The van der Waals surface area contributed by atoms with Crippen LogP contribution in [0.15, 0.2) is 24.3 Å². The van der Waals surface area contributed by atoms with Crippen LogP contribution < -0.4 is 5.32 Å². The lowest BCUT2D eigenvalue weighted by Crippen LogP contribution is -2.42. The van der Waals surface area contributed by atoms with E-state index < -0.39 is 11.7 Å². The van der Waals surface area contributed by atoms with E-state index in [1.165, 1.54) is 12.1 Å². The summed E-state index contributed by atoms with van der Waals surface area (Å²) in [7, 11) is 0. The van der Waals surface area contributed by atoms with Gasteiger partial charge >= 0.3 is 6.18 Å². The number of likely N-dealkylation sites (tertiary alicyclic amines) is 1. The Labute approximate surface area is 151 Å². The quantitative estimate of drug-likeness (QED) is 0.865. The first-order valence-corrected chi connectivity index (χ1v) is 9.19. The Morgan fingerprint density at radius 2 is 2.00 bits per heavy atom. The summed E-state index contributed by atoms with van der Waals surface area (Å²) in [6.07, 6.45) is -0.666. The molecule has 7 heteroatoms. The van der Waals surface area contributed by atoms with Crippen LogP contribution in [0.2, 0.25) is 0 Å². The molecule has 2 aliphatic rings. The molecule has 1 atom stereocenters. The first-order valence-electron chi connectivity index (χ1n) is 9.19. The molecule has 2 saturated heterocycles. The molecule has 3 rings (SSSR count). The molecule has 0 spiro atoms. The van der Waals surface area contributed by atoms with Crippen molar-refractivity contribution in [2.75, 3.05) is 26.2 Å². The van der Waals surface area contributed by atoms with Gasteiger partial charge in [-0.25, -0.2) is 0 Å². The van der Waals surface area contributed by atoms with Gasteiger partial charge in [0, 0.05) is 25.6 Å². The smallest absolute Gasteiger partial charge is 0.376 e. The highest BCUT2D eigenvalue weighted by molar-refractivity contribution is 5.78. The highest BCUT2D eigenvalue weighted by atomic mass is 19.4. The second kappa shape index (κ2) is 8.39. The van der Waals surface area contributed by atoms with E-state index in [4.69, 9.17) is 4.74 Å². The van der Waals surface area contributed by atoms with Crippen molar-refractivity contribution in [2.24, 2.45) is 5.92 Å². The standard InChI is InChI=1S/C19H25F3N2O2/c20-19(21,22)16-4-1-3-14(11-16)13-24-8-6-15(7-9-24)18(25)23-12-17-5-2-10-26-17/h1,3-4,11,15,17H,2,5-10,12-13H2,(H,23,25)/t17-/m1/s1. The van der Waals surface area contributed by atoms with Gasteiger partial charge in [0.1, 0.15) is 0 Å². The maximum absolute atomic E-state index is 12.8. The van der Waals surface area contributed by atoms with E-state index in [9.17, 15) is 18.0 Å². The van der Waals surface area contributed by atoms with Crippen molar-refractivity contribution >= 4 is 5.91 Å². The molecular formula is C19H25F3N2O2. The van der Waals surface area contributed by atoms with Gasteiger partial charge in [-0.1, -0.05) is 18.2 Å². The maximum atomic E-state index is 12.8. The minimum Gasteiger partial charge on any atom is -0.376 e. The zero-order valence-electron chi connectivity index (χ0n) is 14.7. The molecule has 0 aromatic heterocycles. The number of rotatable bonds is 5. The summed E-state index contributed by atoms with van der Waals surface area (Å²) >= 11 is 0. The predicted molar refractivity (Wildman–Crippen MR) is 91.4 cm³/mol. The van der Waals surface area contributed by atoms with Crippen LogP contribution >= 0.6 is 0 Å². The Balaban J connectivity index is 1.44. The summed E-state index contributed by atoms with van der Waals surface area (Å²) in [6.45, 7) is 3.26. The van der Waals surface area contributed by atoms with Crippen LogP contribution in [0.5, 0.6) is 0 Å². The van der Waals surface area contributed by atoms with Gasteiger partial charge in [-0.15, -0.1) is 0 Å². The average Bonchev–Trinajstić information content (AvgIpc) is 3.13. The third kappa shape index (κ3) is 5.20. The van der Waals surface area contributed by atoms with Gasteiger partial charge in [0.05, 0.1) is 11.7 Å². The second-order valence-electron chi connectivity index (χ2n) is 7.13. The van der Waals surface area contributed by atoms with Gasteiger partial charge in [-0.05, 0) is 50.4 Å². The molecule has 2 fully saturated rings. The van der Waals surface area contributed by atoms with E-state index in [1.54, 1.807) is 6.07 Å². The van der Waals surface area contributed by atoms with Crippen molar-refractivity contribution in [1.29, 1.82) is 0 Å². The monoisotopic (exact) mass is 370 g/mol. The zero-order valence-corrected chi connectivity index (χ0v) is 14.7. The van der Waals surface area contributed by atoms with Crippen molar-refractivity contribution in [2.45, 2.75) is 44.5 Å². The topological polar surface area (TPSA) is 41.6 Å². The molecule has 2 aliphatic heterocycles. The van der Waals surface area contributed by atoms with E-state index in [0.29, 0.717) is 31.7 Å². The number of alkyl halides is 3. The van der Waals surface area contributed by atoms with Gasteiger partial charge in [0.2, 0.25) is 5.91 Å². The summed E-state index contributed by atoms with van der Waals surface area (Å²) in [6, 6.07) is 5.47. The average molecular weight is 370 g/mol. The predicted octanol–water partition coefficient (Wildman–Crippen LogP) is 3.21. The minimum atomic E-state index is -4.32. The molecule has 26 heavy (non-hydrogen) atoms. The fraction of sp³-hybridized carbons (Fsp3) is 0.632. The fourth-order valence-corrected chi connectivity index (χ4v) is 3.62. The molecule has 2 heterocycles. The number of hydrogen-bond acceptors (Lipinski definition) is 3. The van der Waals surface area contributed by atoms with Crippen molar-refractivity contribution < 1.29 is 22.7 Å². The van der Waals surface area contributed by atoms with E-state index in [0.717, 1.165) is 38.4 Å². The van der Waals surface area contributed by atoms with Crippen LogP contribution in [0, 0.1) is 5.92 Å². The molecule has 0 bridgehead atoms. The highest BCUT2D eigenvalue weighted by Crippen LogP contribution is 2.30. The lowest BCUT2D eigenvalue weighted by atomic mass is 9.95. The number of piperidine rings is 1. The van der Waals surface area contributed by atoms with Crippen LogP contribution in [0.3, 0.4) is 0 Å². The number of carbonyl (C=O) groups excluding carboxylic acids is 1. The summed E-state index contributed by atoms with van der Waals surface area (Å²) in [5.41, 5.74) is 0.0412. The van der Waals surface area contributed by atoms with Crippen molar-refractivity contribution in [1.82, 2.24) is 10.2 Å². The first-order chi connectivity index (χ1) is 12.4. The number of hydrogen-bond donors (Lipinski definition) is 1. The number of nitrogens with one attached hydrogen (secondary N) is 1. The van der Waals surface area contributed by atoms with E-state index >= 15 is 0 Å². The van der Waals surface area contributed by atoms with Gasteiger partial charge in [0.15, 0.2) is 0 Å². The van der Waals surface area contributed by atoms with Crippen LogP contribution in [0.25, 0.3) is 0 Å². The molecule has 1 aromatic rings. The molecule has 1 aromatic carbocycles. The summed E-state index contributed by atoms with van der Waals surface area (Å²) in [4.78, 5) is 14.4. The zero-order chi connectivity index (χ0) is 18.6. The Morgan fingerprint density at radius 1 is 1.23 bits per heavy atom. The summed E-state index contributed by atoms with van der Waals surface area (Å²) < 4.78 is 43.9. The molecular weight excluding hydrogens is 345 g/mol. The molecule has 0 saturated carbocycles. The maximum Gasteiger partial charge on any atom is 0.416 e. The minimum absolute atomic E-state index is 0.0193. The molecule has 0 aliphatic carbocycles. The van der Waals surface area contributed by atoms with Crippen LogP contribution in [-0.2, 0) is 22.3 Å². The molecule has 1 amide bonds.